The van der Waals surface area contributed by atoms with Crippen molar-refractivity contribution in [3.8, 4) is 0 Å². The van der Waals surface area contributed by atoms with Crippen molar-refractivity contribution in [3.63, 3.8) is 0 Å². The summed E-state index contributed by atoms with van der Waals surface area (Å²) in [5.74, 6) is 0.390. The van der Waals surface area contributed by atoms with Crippen LogP contribution >= 0.6 is 0 Å². The molecule has 0 aromatic carbocycles. The summed E-state index contributed by atoms with van der Waals surface area (Å²) in [6, 6.07) is 0.0908. The molecule has 0 atom stereocenters. The summed E-state index contributed by atoms with van der Waals surface area (Å²) in [5.41, 5.74) is 7.04. The van der Waals surface area contributed by atoms with Gasteiger partial charge in [-0.15, -0.1) is 0 Å². The molecule has 0 saturated carbocycles. The predicted molar refractivity (Wildman–Crippen MR) is 55.5 cm³/mol. The fourth-order valence-corrected chi connectivity index (χ4v) is 1.77. The van der Waals surface area contributed by atoms with Crippen molar-refractivity contribution >= 4 is 17.0 Å². The number of aromatic nitrogens is 4. The molecule has 0 amide bonds. The standard InChI is InChI=1S/C9H11N5O2/c10-8-7-9(12-3-11-8)14(4-13-7)6-1-15-5-16-2-6/h3-4,6H,1-2,5H2,(H2,10,11,12). The molecule has 1 saturated heterocycles. The van der Waals surface area contributed by atoms with Crippen LogP contribution in [0.15, 0.2) is 12.7 Å². The van der Waals surface area contributed by atoms with E-state index < -0.39 is 0 Å². The minimum absolute atomic E-state index is 0.0908. The van der Waals surface area contributed by atoms with Crippen LogP contribution in [-0.2, 0) is 9.47 Å². The van der Waals surface area contributed by atoms with E-state index in [0.29, 0.717) is 37.0 Å². The second-order valence-electron chi connectivity index (χ2n) is 3.60. The van der Waals surface area contributed by atoms with Gasteiger partial charge in [0.25, 0.3) is 0 Å². The Labute approximate surface area is 91.2 Å². The zero-order valence-corrected chi connectivity index (χ0v) is 8.54. The quantitative estimate of drug-likeness (QED) is 0.726. The molecule has 1 fully saturated rings. The number of fused-ring (bicyclic) bond motifs is 1. The lowest BCUT2D eigenvalue weighted by atomic mass is 10.3. The first-order valence-corrected chi connectivity index (χ1v) is 4.95. The number of ether oxygens (including phenoxy) is 2. The van der Waals surface area contributed by atoms with Crippen molar-refractivity contribution in [1.29, 1.82) is 0 Å². The van der Waals surface area contributed by atoms with Gasteiger partial charge in [-0.1, -0.05) is 0 Å². The second-order valence-corrected chi connectivity index (χ2v) is 3.60. The third-order valence-electron chi connectivity index (χ3n) is 2.57. The van der Waals surface area contributed by atoms with Crippen LogP contribution in [0.2, 0.25) is 0 Å². The third-order valence-corrected chi connectivity index (χ3v) is 2.57. The van der Waals surface area contributed by atoms with Crippen molar-refractivity contribution in [3.05, 3.63) is 12.7 Å². The Morgan fingerprint density at radius 1 is 1.25 bits per heavy atom. The van der Waals surface area contributed by atoms with Crippen LogP contribution in [-0.4, -0.2) is 39.5 Å². The fraction of sp³-hybridized carbons (Fsp3) is 0.444. The minimum Gasteiger partial charge on any atom is -0.382 e. The van der Waals surface area contributed by atoms with E-state index in [1.165, 1.54) is 6.33 Å². The number of nitrogens with zero attached hydrogens (tertiary/aromatic N) is 4. The van der Waals surface area contributed by atoms with E-state index in [-0.39, 0.29) is 6.04 Å². The van der Waals surface area contributed by atoms with Crippen LogP contribution in [0, 0.1) is 0 Å². The second kappa shape index (κ2) is 3.69. The molecular weight excluding hydrogens is 210 g/mol. The van der Waals surface area contributed by atoms with Gasteiger partial charge in [0.2, 0.25) is 0 Å². The van der Waals surface area contributed by atoms with Gasteiger partial charge >= 0.3 is 0 Å². The first kappa shape index (κ1) is 9.49. The maximum absolute atomic E-state index is 5.71. The average Bonchev–Trinajstić information content (AvgIpc) is 2.75. The van der Waals surface area contributed by atoms with Crippen molar-refractivity contribution in [2.24, 2.45) is 0 Å². The zero-order chi connectivity index (χ0) is 11.0. The van der Waals surface area contributed by atoms with Crippen molar-refractivity contribution in [2.75, 3.05) is 25.7 Å². The summed E-state index contributed by atoms with van der Waals surface area (Å²) in [7, 11) is 0. The van der Waals surface area contributed by atoms with Crippen LogP contribution in [0.4, 0.5) is 5.82 Å². The van der Waals surface area contributed by atoms with Crippen LogP contribution < -0.4 is 5.73 Å². The summed E-state index contributed by atoms with van der Waals surface area (Å²) in [6.07, 6.45) is 3.12. The molecule has 0 spiro atoms. The SMILES string of the molecule is Nc1ncnc2c1ncn2C1COCOC1. The van der Waals surface area contributed by atoms with Gasteiger partial charge in [0, 0.05) is 0 Å². The van der Waals surface area contributed by atoms with Crippen LogP contribution in [0.1, 0.15) is 6.04 Å². The summed E-state index contributed by atoms with van der Waals surface area (Å²) >= 11 is 0. The van der Waals surface area contributed by atoms with Gasteiger partial charge in [0.1, 0.15) is 18.6 Å². The average molecular weight is 221 g/mol. The van der Waals surface area contributed by atoms with Gasteiger partial charge in [-0.05, 0) is 0 Å². The Kier molecular flexibility index (Phi) is 2.19. The van der Waals surface area contributed by atoms with Crippen LogP contribution in [0.25, 0.3) is 11.2 Å². The van der Waals surface area contributed by atoms with Crippen LogP contribution in [0.3, 0.4) is 0 Å². The molecule has 2 N–H and O–H groups in total. The number of rotatable bonds is 1. The highest BCUT2D eigenvalue weighted by atomic mass is 16.7. The van der Waals surface area contributed by atoms with E-state index in [1.807, 2.05) is 4.57 Å². The van der Waals surface area contributed by atoms with Crippen molar-refractivity contribution in [2.45, 2.75) is 6.04 Å². The number of imidazole rings is 1. The van der Waals surface area contributed by atoms with Gasteiger partial charge < -0.3 is 19.8 Å². The Bertz CT molecular complexity index is 506. The Morgan fingerprint density at radius 2 is 2.06 bits per heavy atom. The molecule has 0 bridgehead atoms. The maximum Gasteiger partial charge on any atom is 0.165 e. The zero-order valence-electron chi connectivity index (χ0n) is 8.54. The fourth-order valence-electron chi connectivity index (χ4n) is 1.77. The van der Waals surface area contributed by atoms with Gasteiger partial charge in [0.15, 0.2) is 11.5 Å². The molecule has 84 valence electrons. The number of hydrogen-bond donors (Lipinski definition) is 1. The number of nitrogen functional groups attached to an aromatic ring is 1. The van der Waals surface area contributed by atoms with Gasteiger partial charge in [-0.3, -0.25) is 0 Å². The summed E-state index contributed by atoms with van der Waals surface area (Å²) in [6.45, 7) is 1.53. The lowest BCUT2D eigenvalue weighted by molar-refractivity contribution is -0.120. The lowest BCUT2D eigenvalue weighted by Crippen LogP contribution is -2.26. The topological polar surface area (TPSA) is 88.1 Å². The predicted octanol–water partition coefficient (Wildman–Crippen LogP) is -0.0461. The van der Waals surface area contributed by atoms with E-state index in [2.05, 4.69) is 15.0 Å². The number of nitrogens with two attached hydrogens (primary N) is 1. The smallest absolute Gasteiger partial charge is 0.165 e. The molecule has 0 unspecified atom stereocenters. The normalized spacial score (nSPS) is 18.0. The molecule has 16 heavy (non-hydrogen) atoms. The van der Waals surface area contributed by atoms with E-state index in [9.17, 15) is 0 Å². The van der Waals surface area contributed by atoms with Gasteiger partial charge in [-0.25, -0.2) is 15.0 Å². The first-order valence-electron chi connectivity index (χ1n) is 4.95. The molecule has 0 radical (unpaired) electrons. The number of anilines is 1. The highest BCUT2D eigenvalue weighted by Crippen LogP contribution is 2.20. The molecule has 7 heteroatoms. The summed E-state index contributed by atoms with van der Waals surface area (Å²) in [5, 5.41) is 0. The highest BCUT2D eigenvalue weighted by molar-refractivity contribution is 5.81. The molecular formula is C9H11N5O2. The monoisotopic (exact) mass is 221 g/mol. The van der Waals surface area contributed by atoms with Gasteiger partial charge in [0.05, 0.1) is 25.6 Å². The molecule has 2 aromatic rings. The largest absolute Gasteiger partial charge is 0.382 e. The molecule has 1 aliphatic heterocycles. The Morgan fingerprint density at radius 3 is 2.88 bits per heavy atom. The Hall–Kier alpha value is -1.73. The van der Waals surface area contributed by atoms with E-state index in [1.54, 1.807) is 6.33 Å². The molecule has 3 heterocycles. The van der Waals surface area contributed by atoms with E-state index in [0.717, 1.165) is 0 Å². The minimum atomic E-state index is 0.0908. The first-order chi connectivity index (χ1) is 7.86. The summed E-state index contributed by atoms with van der Waals surface area (Å²) in [4.78, 5) is 12.3. The highest BCUT2D eigenvalue weighted by Gasteiger charge is 2.19. The number of hydrogen-bond acceptors (Lipinski definition) is 6. The molecule has 3 rings (SSSR count). The van der Waals surface area contributed by atoms with Gasteiger partial charge in [-0.2, -0.15) is 0 Å². The lowest BCUT2D eigenvalue weighted by Gasteiger charge is -2.23. The van der Waals surface area contributed by atoms with E-state index in [4.69, 9.17) is 15.2 Å². The van der Waals surface area contributed by atoms with E-state index >= 15 is 0 Å². The molecule has 7 nitrogen and oxygen atoms in total. The maximum atomic E-state index is 5.71. The third kappa shape index (κ3) is 1.41. The Balaban J connectivity index is 2.06. The van der Waals surface area contributed by atoms with Crippen LogP contribution in [0.5, 0.6) is 0 Å². The molecule has 2 aromatic heterocycles. The van der Waals surface area contributed by atoms with Crippen molar-refractivity contribution < 1.29 is 9.47 Å². The summed E-state index contributed by atoms with van der Waals surface area (Å²) < 4.78 is 12.4. The molecule has 1 aliphatic rings. The molecule has 0 aliphatic carbocycles. The van der Waals surface area contributed by atoms with Crippen molar-refractivity contribution in [1.82, 2.24) is 19.5 Å².